The molecule has 1 unspecified atom stereocenters. The second kappa shape index (κ2) is 6.02. The van der Waals surface area contributed by atoms with Crippen LogP contribution in [0, 0.1) is 0 Å². The van der Waals surface area contributed by atoms with Crippen LogP contribution in [0.3, 0.4) is 0 Å². The molecule has 2 aromatic rings. The van der Waals surface area contributed by atoms with Gasteiger partial charge in [-0.3, -0.25) is 4.79 Å². The number of carbonyl (C=O) groups excluding carboxylic acids is 1. The molecule has 4 heteroatoms. The van der Waals surface area contributed by atoms with Gasteiger partial charge in [-0.2, -0.15) is 0 Å². The highest BCUT2D eigenvalue weighted by Crippen LogP contribution is 2.02. The SMILES string of the molecule is NC(Cc1ccccc1)C(=O)NCc1cc[nH]c1. The molecule has 1 heterocycles. The average Bonchev–Trinajstić information content (AvgIpc) is 2.90. The summed E-state index contributed by atoms with van der Waals surface area (Å²) >= 11 is 0. The van der Waals surface area contributed by atoms with E-state index in [4.69, 9.17) is 5.73 Å². The highest BCUT2D eigenvalue weighted by molar-refractivity contribution is 5.81. The lowest BCUT2D eigenvalue weighted by molar-refractivity contribution is -0.122. The molecule has 1 atom stereocenters. The van der Waals surface area contributed by atoms with E-state index in [0.717, 1.165) is 11.1 Å². The maximum atomic E-state index is 11.8. The van der Waals surface area contributed by atoms with Gasteiger partial charge in [-0.25, -0.2) is 0 Å². The van der Waals surface area contributed by atoms with Crippen molar-refractivity contribution in [3.63, 3.8) is 0 Å². The molecule has 0 bridgehead atoms. The first kappa shape index (κ1) is 12.4. The zero-order chi connectivity index (χ0) is 12.8. The molecule has 4 nitrogen and oxygen atoms in total. The van der Waals surface area contributed by atoms with Gasteiger partial charge in [0.15, 0.2) is 0 Å². The fourth-order valence-electron chi connectivity index (χ4n) is 1.75. The van der Waals surface area contributed by atoms with Gasteiger partial charge in [-0.15, -0.1) is 0 Å². The van der Waals surface area contributed by atoms with E-state index >= 15 is 0 Å². The number of carbonyl (C=O) groups is 1. The average molecular weight is 243 g/mol. The lowest BCUT2D eigenvalue weighted by Gasteiger charge is -2.11. The minimum Gasteiger partial charge on any atom is -0.367 e. The van der Waals surface area contributed by atoms with Gasteiger partial charge in [0.25, 0.3) is 0 Å². The van der Waals surface area contributed by atoms with E-state index in [-0.39, 0.29) is 5.91 Å². The number of H-pyrrole nitrogens is 1. The van der Waals surface area contributed by atoms with Crippen molar-refractivity contribution >= 4 is 5.91 Å². The number of aromatic nitrogens is 1. The molecule has 2 rings (SSSR count). The Labute approximate surface area is 106 Å². The van der Waals surface area contributed by atoms with Crippen LogP contribution in [0.25, 0.3) is 0 Å². The summed E-state index contributed by atoms with van der Waals surface area (Å²) in [6.07, 6.45) is 4.23. The Balaban J connectivity index is 1.82. The fraction of sp³-hybridized carbons (Fsp3) is 0.214. The van der Waals surface area contributed by atoms with E-state index in [1.165, 1.54) is 0 Å². The van der Waals surface area contributed by atoms with E-state index < -0.39 is 6.04 Å². The van der Waals surface area contributed by atoms with Crippen molar-refractivity contribution < 1.29 is 4.79 Å². The second-order valence-corrected chi connectivity index (χ2v) is 4.23. The highest BCUT2D eigenvalue weighted by Gasteiger charge is 2.13. The normalized spacial score (nSPS) is 12.1. The predicted octanol–water partition coefficient (Wildman–Crippen LogP) is 1.20. The van der Waals surface area contributed by atoms with E-state index in [2.05, 4.69) is 10.3 Å². The van der Waals surface area contributed by atoms with Crippen LogP contribution in [-0.2, 0) is 17.8 Å². The Morgan fingerprint density at radius 3 is 2.67 bits per heavy atom. The summed E-state index contributed by atoms with van der Waals surface area (Å²) < 4.78 is 0. The number of rotatable bonds is 5. The van der Waals surface area contributed by atoms with Gasteiger partial charge < -0.3 is 16.0 Å². The van der Waals surface area contributed by atoms with E-state index in [0.29, 0.717) is 13.0 Å². The largest absolute Gasteiger partial charge is 0.367 e. The molecule has 4 N–H and O–H groups in total. The van der Waals surface area contributed by atoms with E-state index in [1.807, 2.05) is 48.8 Å². The number of nitrogens with two attached hydrogens (primary N) is 1. The van der Waals surface area contributed by atoms with Gasteiger partial charge in [0.05, 0.1) is 6.04 Å². The third-order valence-corrected chi connectivity index (χ3v) is 2.76. The quantitative estimate of drug-likeness (QED) is 0.738. The smallest absolute Gasteiger partial charge is 0.237 e. The van der Waals surface area contributed by atoms with Crippen molar-refractivity contribution in [3.8, 4) is 0 Å². The summed E-state index contributed by atoms with van der Waals surface area (Å²) in [7, 11) is 0. The van der Waals surface area contributed by atoms with Crippen LogP contribution in [0.1, 0.15) is 11.1 Å². The minimum atomic E-state index is -0.508. The molecule has 18 heavy (non-hydrogen) atoms. The molecule has 0 aliphatic carbocycles. The molecule has 0 radical (unpaired) electrons. The molecule has 94 valence electrons. The number of hydrogen-bond acceptors (Lipinski definition) is 2. The minimum absolute atomic E-state index is 0.125. The van der Waals surface area contributed by atoms with Crippen LogP contribution in [0.2, 0.25) is 0 Å². The predicted molar refractivity (Wildman–Crippen MR) is 70.8 cm³/mol. The molecule has 1 aromatic carbocycles. The molecule has 0 aliphatic heterocycles. The Kier molecular flexibility index (Phi) is 4.15. The summed E-state index contributed by atoms with van der Waals surface area (Å²) in [5.74, 6) is -0.125. The van der Waals surface area contributed by atoms with Gasteiger partial charge in [0, 0.05) is 18.9 Å². The topological polar surface area (TPSA) is 70.9 Å². The first-order valence-corrected chi connectivity index (χ1v) is 5.94. The highest BCUT2D eigenvalue weighted by atomic mass is 16.2. The second-order valence-electron chi connectivity index (χ2n) is 4.23. The van der Waals surface area contributed by atoms with E-state index in [9.17, 15) is 4.79 Å². The summed E-state index contributed by atoms with van der Waals surface area (Å²) in [6.45, 7) is 0.505. The number of nitrogens with one attached hydrogen (secondary N) is 2. The van der Waals surface area contributed by atoms with Crippen molar-refractivity contribution in [2.75, 3.05) is 0 Å². The van der Waals surface area contributed by atoms with Crippen LogP contribution < -0.4 is 11.1 Å². The van der Waals surface area contributed by atoms with Gasteiger partial charge in [0.2, 0.25) is 5.91 Å². The lowest BCUT2D eigenvalue weighted by Crippen LogP contribution is -2.41. The molecular weight excluding hydrogens is 226 g/mol. The number of amides is 1. The molecular formula is C14H17N3O. The Bertz CT molecular complexity index is 479. The first-order valence-electron chi connectivity index (χ1n) is 5.94. The summed E-state index contributed by atoms with van der Waals surface area (Å²) in [5, 5.41) is 2.82. The number of hydrogen-bond donors (Lipinski definition) is 3. The zero-order valence-corrected chi connectivity index (χ0v) is 10.1. The summed E-state index contributed by atoms with van der Waals surface area (Å²) in [6, 6.07) is 11.2. The van der Waals surface area contributed by atoms with Gasteiger partial charge in [-0.1, -0.05) is 30.3 Å². The van der Waals surface area contributed by atoms with Crippen LogP contribution >= 0.6 is 0 Å². The van der Waals surface area contributed by atoms with Crippen molar-refractivity contribution in [2.24, 2.45) is 5.73 Å². The maximum Gasteiger partial charge on any atom is 0.237 e. The van der Waals surface area contributed by atoms with Crippen LogP contribution in [0.5, 0.6) is 0 Å². The molecule has 0 spiro atoms. The van der Waals surface area contributed by atoms with E-state index in [1.54, 1.807) is 0 Å². The third-order valence-electron chi connectivity index (χ3n) is 2.76. The first-order chi connectivity index (χ1) is 8.75. The maximum absolute atomic E-state index is 11.8. The van der Waals surface area contributed by atoms with Crippen LogP contribution in [0.15, 0.2) is 48.8 Å². The molecule has 0 saturated carbocycles. The molecule has 0 aliphatic rings. The molecule has 0 saturated heterocycles. The van der Waals surface area contributed by atoms with Crippen molar-refractivity contribution in [1.29, 1.82) is 0 Å². The molecule has 1 aromatic heterocycles. The van der Waals surface area contributed by atoms with Crippen molar-refractivity contribution in [3.05, 3.63) is 59.9 Å². The van der Waals surface area contributed by atoms with Gasteiger partial charge >= 0.3 is 0 Å². The van der Waals surface area contributed by atoms with Gasteiger partial charge in [-0.05, 0) is 23.6 Å². The van der Waals surface area contributed by atoms with Crippen LogP contribution in [0.4, 0.5) is 0 Å². The summed E-state index contributed by atoms with van der Waals surface area (Å²) in [5.41, 5.74) is 7.98. The van der Waals surface area contributed by atoms with Crippen molar-refractivity contribution in [2.45, 2.75) is 19.0 Å². The Morgan fingerprint density at radius 2 is 2.00 bits per heavy atom. The van der Waals surface area contributed by atoms with Gasteiger partial charge in [0.1, 0.15) is 0 Å². The lowest BCUT2D eigenvalue weighted by atomic mass is 10.1. The Morgan fingerprint density at radius 1 is 1.22 bits per heavy atom. The molecule has 0 fully saturated rings. The zero-order valence-electron chi connectivity index (χ0n) is 10.1. The molecule has 1 amide bonds. The number of benzene rings is 1. The van der Waals surface area contributed by atoms with Crippen molar-refractivity contribution in [1.82, 2.24) is 10.3 Å². The Hall–Kier alpha value is -2.07. The summed E-state index contributed by atoms with van der Waals surface area (Å²) in [4.78, 5) is 14.7. The monoisotopic (exact) mass is 243 g/mol. The third kappa shape index (κ3) is 3.46. The fourth-order valence-corrected chi connectivity index (χ4v) is 1.75. The number of aromatic amines is 1. The van der Waals surface area contributed by atoms with Crippen LogP contribution in [-0.4, -0.2) is 16.9 Å². The standard InChI is InChI=1S/C14H17N3O/c15-13(8-11-4-2-1-3-5-11)14(18)17-10-12-6-7-16-9-12/h1-7,9,13,16H,8,10,15H2,(H,17,18).